The second-order valence-corrected chi connectivity index (χ2v) is 11.8. The van der Waals surface area contributed by atoms with Gasteiger partial charge in [0.15, 0.2) is 5.78 Å². The summed E-state index contributed by atoms with van der Waals surface area (Å²) in [6, 6.07) is 0. The Balaban J connectivity index is 1.36. The molecule has 0 N–H and O–H groups in total. The van der Waals surface area contributed by atoms with E-state index in [0.717, 1.165) is 41.8 Å². The van der Waals surface area contributed by atoms with Crippen LogP contribution in [0.25, 0.3) is 0 Å². The van der Waals surface area contributed by atoms with Gasteiger partial charge in [0.1, 0.15) is 5.82 Å². The third-order valence-electron chi connectivity index (χ3n) is 10.6. The van der Waals surface area contributed by atoms with E-state index in [2.05, 4.69) is 25.8 Å². The number of Topliss-reactive ketones (excluding diaryl/α,β-unsaturated/α-hetero) is 1. The van der Waals surface area contributed by atoms with Crippen molar-refractivity contribution in [1.82, 2.24) is 9.55 Å². The van der Waals surface area contributed by atoms with Gasteiger partial charge in [0, 0.05) is 18.3 Å². The fraction of sp³-hybridized carbons (Fsp3) is 0.846. The predicted octanol–water partition coefficient (Wildman–Crippen LogP) is 6.06. The molecule has 4 saturated carbocycles. The zero-order valence-electron chi connectivity index (χ0n) is 19.0. The quantitative estimate of drug-likeness (QED) is 0.623. The number of aromatic nitrogens is 2. The van der Waals surface area contributed by atoms with Crippen molar-refractivity contribution in [2.24, 2.45) is 46.3 Å². The number of imidazole rings is 1. The molecule has 0 radical (unpaired) electrons. The summed E-state index contributed by atoms with van der Waals surface area (Å²) < 4.78 is 2.04. The van der Waals surface area contributed by atoms with Crippen LogP contribution in [0.1, 0.15) is 84.4 Å². The molecule has 8 atom stereocenters. The molecule has 4 fully saturated rings. The summed E-state index contributed by atoms with van der Waals surface area (Å²) in [5, 5.41) is 0. The molecule has 0 saturated heterocycles. The predicted molar refractivity (Wildman–Crippen MR) is 116 cm³/mol. The maximum atomic E-state index is 13.4. The van der Waals surface area contributed by atoms with Crippen LogP contribution < -0.4 is 0 Å². The van der Waals surface area contributed by atoms with Gasteiger partial charge in [-0.3, -0.25) is 4.79 Å². The Morgan fingerprint density at radius 1 is 1.07 bits per heavy atom. The van der Waals surface area contributed by atoms with Crippen molar-refractivity contribution >= 4 is 5.78 Å². The maximum absolute atomic E-state index is 13.4. The van der Waals surface area contributed by atoms with E-state index in [1.165, 1.54) is 51.4 Å². The van der Waals surface area contributed by atoms with Crippen molar-refractivity contribution < 1.29 is 4.79 Å². The summed E-state index contributed by atoms with van der Waals surface area (Å²) in [5.41, 5.74) is 0.810. The lowest BCUT2D eigenvalue weighted by Crippen LogP contribution is -2.53. The molecule has 3 nitrogen and oxygen atoms in total. The number of hydrogen-bond donors (Lipinski definition) is 0. The highest BCUT2D eigenvalue weighted by atomic mass is 16.1. The lowest BCUT2D eigenvalue weighted by Gasteiger charge is -2.61. The van der Waals surface area contributed by atoms with Crippen LogP contribution in [0.2, 0.25) is 0 Å². The number of fused-ring (bicyclic) bond motifs is 5. The van der Waals surface area contributed by atoms with E-state index in [4.69, 9.17) is 0 Å². The summed E-state index contributed by atoms with van der Waals surface area (Å²) in [7, 11) is 0. The Morgan fingerprint density at radius 2 is 1.83 bits per heavy atom. The molecule has 0 aromatic carbocycles. The average Bonchev–Trinajstić information content (AvgIpc) is 3.25. The SMILES string of the molecule is Cc1nccn1CC(=O)C1CCC2C3CCC4C[C@@H](C)CCC4(C)C3CCC12C. The van der Waals surface area contributed by atoms with Gasteiger partial charge in [-0.25, -0.2) is 4.98 Å². The van der Waals surface area contributed by atoms with Crippen molar-refractivity contribution in [3.8, 4) is 0 Å². The van der Waals surface area contributed by atoms with Gasteiger partial charge in [-0.2, -0.15) is 0 Å². The van der Waals surface area contributed by atoms with Gasteiger partial charge in [0.05, 0.1) is 6.54 Å². The number of aryl methyl sites for hydroxylation is 1. The molecule has 7 unspecified atom stereocenters. The lowest BCUT2D eigenvalue weighted by atomic mass is 9.44. The van der Waals surface area contributed by atoms with Crippen LogP contribution in [-0.2, 0) is 11.3 Å². The van der Waals surface area contributed by atoms with E-state index in [1.54, 1.807) is 0 Å². The van der Waals surface area contributed by atoms with Crippen molar-refractivity contribution in [3.63, 3.8) is 0 Å². The fourth-order valence-corrected chi connectivity index (χ4v) is 8.85. The summed E-state index contributed by atoms with van der Waals surface area (Å²) in [6.07, 6.45) is 16.1. The molecule has 1 aromatic heterocycles. The van der Waals surface area contributed by atoms with E-state index in [1.807, 2.05) is 23.9 Å². The highest BCUT2D eigenvalue weighted by Crippen LogP contribution is 2.67. The Kier molecular flexibility index (Phi) is 4.75. The van der Waals surface area contributed by atoms with Crippen LogP contribution >= 0.6 is 0 Å². The van der Waals surface area contributed by atoms with Gasteiger partial charge in [0.2, 0.25) is 0 Å². The highest BCUT2D eigenvalue weighted by Gasteiger charge is 2.60. The topological polar surface area (TPSA) is 34.9 Å². The van der Waals surface area contributed by atoms with Crippen LogP contribution in [0.4, 0.5) is 0 Å². The minimum Gasteiger partial charge on any atom is -0.328 e. The van der Waals surface area contributed by atoms with Crippen LogP contribution in [-0.4, -0.2) is 15.3 Å². The molecule has 4 aliphatic rings. The van der Waals surface area contributed by atoms with Crippen LogP contribution in [0.5, 0.6) is 0 Å². The van der Waals surface area contributed by atoms with Gasteiger partial charge in [-0.15, -0.1) is 0 Å². The van der Waals surface area contributed by atoms with E-state index in [9.17, 15) is 4.79 Å². The van der Waals surface area contributed by atoms with Crippen molar-refractivity contribution in [3.05, 3.63) is 18.2 Å². The van der Waals surface area contributed by atoms with Crippen LogP contribution in [0, 0.1) is 53.3 Å². The summed E-state index contributed by atoms with van der Waals surface area (Å²) in [5.74, 6) is 6.12. The Hall–Kier alpha value is -1.12. The molecule has 0 bridgehead atoms. The molecule has 0 amide bonds. The molecular weight excluding hydrogens is 356 g/mol. The first kappa shape index (κ1) is 19.8. The highest BCUT2D eigenvalue weighted by molar-refractivity contribution is 5.82. The molecule has 5 rings (SSSR count). The molecule has 160 valence electrons. The molecular formula is C26H40N2O. The molecule has 1 heterocycles. The number of nitrogens with zero attached hydrogens (tertiary/aromatic N) is 2. The Labute approximate surface area is 177 Å². The molecule has 0 aliphatic heterocycles. The van der Waals surface area contributed by atoms with Gasteiger partial charge in [-0.05, 0) is 98.7 Å². The van der Waals surface area contributed by atoms with E-state index in [0.29, 0.717) is 17.7 Å². The largest absolute Gasteiger partial charge is 0.328 e. The third kappa shape index (κ3) is 2.97. The average molecular weight is 397 g/mol. The van der Waals surface area contributed by atoms with Crippen LogP contribution in [0.15, 0.2) is 12.4 Å². The van der Waals surface area contributed by atoms with Crippen molar-refractivity contribution in [2.45, 2.75) is 92.0 Å². The zero-order chi connectivity index (χ0) is 20.4. The zero-order valence-corrected chi connectivity index (χ0v) is 19.0. The first-order valence-corrected chi connectivity index (χ1v) is 12.3. The minimum absolute atomic E-state index is 0.234. The first-order valence-electron chi connectivity index (χ1n) is 12.3. The second kappa shape index (κ2) is 6.95. The normalized spacial score (nSPS) is 46.6. The third-order valence-corrected chi connectivity index (χ3v) is 10.6. The minimum atomic E-state index is 0.234. The van der Waals surface area contributed by atoms with Crippen LogP contribution in [0.3, 0.4) is 0 Å². The monoisotopic (exact) mass is 396 g/mol. The van der Waals surface area contributed by atoms with Gasteiger partial charge < -0.3 is 4.57 Å². The van der Waals surface area contributed by atoms with Crippen molar-refractivity contribution in [2.75, 3.05) is 0 Å². The van der Waals surface area contributed by atoms with E-state index < -0.39 is 0 Å². The van der Waals surface area contributed by atoms with Crippen molar-refractivity contribution in [1.29, 1.82) is 0 Å². The van der Waals surface area contributed by atoms with E-state index in [-0.39, 0.29) is 11.3 Å². The maximum Gasteiger partial charge on any atom is 0.156 e. The van der Waals surface area contributed by atoms with E-state index >= 15 is 0 Å². The Morgan fingerprint density at radius 3 is 2.59 bits per heavy atom. The molecule has 1 aromatic rings. The molecule has 4 aliphatic carbocycles. The number of ketones is 1. The smallest absolute Gasteiger partial charge is 0.156 e. The number of hydrogen-bond acceptors (Lipinski definition) is 2. The first-order chi connectivity index (χ1) is 13.8. The standard InChI is InChI=1S/C26H40N2O/c1-17-9-11-25(3)19(15-17)5-6-20-21-7-8-23(26(21,4)12-10-22(20)25)24(29)16-28-14-13-27-18(28)2/h13-14,17,19-23H,5-12,15-16H2,1-4H3/t17-,19?,20?,21?,22?,23?,25?,26?/m0/s1. The number of carbonyl (C=O) groups is 1. The summed E-state index contributed by atoms with van der Waals surface area (Å²) in [4.78, 5) is 17.7. The lowest BCUT2D eigenvalue weighted by molar-refractivity contribution is -0.137. The number of carbonyl (C=O) groups excluding carboxylic acids is 1. The summed E-state index contributed by atoms with van der Waals surface area (Å²) >= 11 is 0. The molecule has 29 heavy (non-hydrogen) atoms. The Bertz CT molecular complexity index is 783. The van der Waals surface area contributed by atoms with Gasteiger partial charge in [-0.1, -0.05) is 27.2 Å². The molecule has 3 heteroatoms. The van der Waals surface area contributed by atoms with Gasteiger partial charge >= 0.3 is 0 Å². The second-order valence-electron chi connectivity index (χ2n) is 11.8. The summed E-state index contributed by atoms with van der Waals surface area (Å²) in [6.45, 7) is 10.1. The van der Waals surface area contributed by atoms with Gasteiger partial charge in [0.25, 0.3) is 0 Å². The fourth-order valence-electron chi connectivity index (χ4n) is 8.85. The number of rotatable bonds is 3. The molecule has 0 spiro atoms.